The molecule has 1 heterocycles. The van der Waals surface area contributed by atoms with E-state index in [1.54, 1.807) is 11.3 Å². The van der Waals surface area contributed by atoms with E-state index in [4.69, 9.17) is 11.6 Å². The van der Waals surface area contributed by atoms with Crippen LogP contribution in [0.4, 0.5) is 5.13 Å². The first-order chi connectivity index (χ1) is 9.95. The fourth-order valence-corrected chi connectivity index (χ4v) is 3.72. The van der Waals surface area contributed by atoms with Gasteiger partial charge in [0.15, 0.2) is 0 Å². The maximum Gasteiger partial charge on any atom is 0.334 e. The number of nitrogens with one attached hydrogen (secondary N) is 1. The minimum atomic E-state index is 0. The van der Waals surface area contributed by atoms with Gasteiger partial charge >= 0.3 is 5.13 Å². The van der Waals surface area contributed by atoms with Gasteiger partial charge in [-0.25, -0.2) is 4.57 Å². The highest BCUT2D eigenvalue weighted by atomic mass is 79.9. The maximum absolute atomic E-state index is 6.01. The van der Waals surface area contributed by atoms with Crippen molar-refractivity contribution in [2.24, 2.45) is 5.92 Å². The molecule has 0 saturated heterocycles. The number of benzene rings is 1. The van der Waals surface area contributed by atoms with Crippen LogP contribution in [0.25, 0.3) is 11.3 Å². The van der Waals surface area contributed by atoms with Crippen molar-refractivity contribution >= 4 is 28.1 Å². The largest absolute Gasteiger partial charge is 1.00 e. The summed E-state index contributed by atoms with van der Waals surface area (Å²) >= 11 is 7.80. The van der Waals surface area contributed by atoms with E-state index < -0.39 is 0 Å². The van der Waals surface area contributed by atoms with Crippen LogP contribution in [-0.4, -0.2) is 6.54 Å². The first-order valence-electron chi connectivity index (χ1n) is 7.49. The Bertz CT molecular complexity index is 627. The van der Waals surface area contributed by atoms with Crippen LogP contribution in [-0.2, 0) is 5.54 Å². The molecule has 22 heavy (non-hydrogen) atoms. The van der Waals surface area contributed by atoms with Crippen LogP contribution < -0.4 is 26.9 Å². The van der Waals surface area contributed by atoms with Crippen LogP contribution >= 0.6 is 22.9 Å². The zero-order valence-electron chi connectivity index (χ0n) is 13.2. The van der Waals surface area contributed by atoms with Gasteiger partial charge < -0.3 is 17.0 Å². The second kappa shape index (κ2) is 6.90. The third kappa shape index (κ3) is 4.03. The first kappa shape index (κ1) is 17.8. The normalized spacial score (nSPS) is 14.5. The van der Waals surface area contributed by atoms with Gasteiger partial charge in [0.2, 0.25) is 0 Å². The third-order valence-corrected chi connectivity index (χ3v) is 4.92. The highest BCUT2D eigenvalue weighted by Crippen LogP contribution is 2.31. The molecule has 2 nitrogen and oxygen atoms in total. The van der Waals surface area contributed by atoms with E-state index in [1.165, 1.54) is 29.2 Å². The van der Waals surface area contributed by atoms with Crippen molar-refractivity contribution in [1.82, 2.24) is 0 Å². The molecule has 2 aromatic rings. The average molecular weight is 402 g/mol. The summed E-state index contributed by atoms with van der Waals surface area (Å²) in [5, 5.41) is 7.91. The van der Waals surface area contributed by atoms with Gasteiger partial charge in [-0.1, -0.05) is 22.9 Å². The number of rotatable bonds is 4. The van der Waals surface area contributed by atoms with Gasteiger partial charge in [-0.05, 0) is 63.8 Å². The molecule has 0 atom stereocenters. The number of halogens is 2. The highest BCUT2D eigenvalue weighted by Gasteiger charge is 2.31. The van der Waals surface area contributed by atoms with Crippen molar-refractivity contribution in [3.8, 4) is 11.3 Å². The van der Waals surface area contributed by atoms with Gasteiger partial charge in [0.1, 0.15) is 11.2 Å². The zero-order valence-corrected chi connectivity index (χ0v) is 16.4. The fraction of sp³-hybridized carbons (Fsp3) is 0.471. The summed E-state index contributed by atoms with van der Waals surface area (Å²) in [4.78, 5) is 0. The molecule has 120 valence electrons. The minimum absolute atomic E-state index is 0. The lowest BCUT2D eigenvalue weighted by molar-refractivity contribution is -0.727. The minimum Gasteiger partial charge on any atom is -1.00 e. The molecule has 3 rings (SSSR count). The summed E-state index contributed by atoms with van der Waals surface area (Å²) in [6.45, 7) is 7.85. The number of hydrogen-bond acceptors (Lipinski definition) is 2. The van der Waals surface area contributed by atoms with Gasteiger partial charge in [0.25, 0.3) is 0 Å². The summed E-state index contributed by atoms with van der Waals surface area (Å²) in [6, 6.07) is 8.10. The lowest BCUT2D eigenvalue weighted by Crippen LogP contribution is -3.00. The lowest BCUT2D eigenvalue weighted by atomic mass is 10.1. The Hall–Kier alpha value is -0.580. The first-order valence-corrected chi connectivity index (χ1v) is 8.75. The number of anilines is 1. The van der Waals surface area contributed by atoms with Crippen LogP contribution in [0.1, 0.15) is 33.6 Å². The summed E-state index contributed by atoms with van der Waals surface area (Å²) in [5.74, 6) is 0.875. The predicted octanol–water partition coefficient (Wildman–Crippen LogP) is 1.94. The van der Waals surface area contributed by atoms with Crippen LogP contribution in [0.5, 0.6) is 0 Å². The summed E-state index contributed by atoms with van der Waals surface area (Å²) in [6.07, 6.45) is 2.75. The molecule has 1 aromatic heterocycles. The van der Waals surface area contributed by atoms with E-state index >= 15 is 0 Å². The monoisotopic (exact) mass is 400 g/mol. The zero-order chi connectivity index (χ0) is 15.0. The van der Waals surface area contributed by atoms with Crippen molar-refractivity contribution in [2.75, 3.05) is 11.9 Å². The highest BCUT2D eigenvalue weighted by molar-refractivity contribution is 7.13. The van der Waals surface area contributed by atoms with E-state index in [2.05, 4.69) is 48.2 Å². The molecule has 1 fully saturated rings. The van der Waals surface area contributed by atoms with Crippen molar-refractivity contribution in [3.05, 3.63) is 34.7 Å². The van der Waals surface area contributed by atoms with Gasteiger partial charge in [-0.3, -0.25) is 5.32 Å². The molecular formula is C17H22BrClN2S. The standard InChI is InChI=1S/C17H21ClN2S.BrH/c1-17(2,3)20-15(13-6-8-14(18)9-7-13)11-21-16(20)19-10-12-4-5-12;/h6-9,11-12H,4-5,10H2,1-3H3;1H. The van der Waals surface area contributed by atoms with E-state index in [0.29, 0.717) is 0 Å². The number of aromatic nitrogens is 1. The second-order valence-corrected chi connectivity index (χ2v) is 8.06. The Kier molecular flexibility index (Phi) is 5.57. The van der Waals surface area contributed by atoms with Gasteiger partial charge in [0.05, 0.1) is 6.54 Å². The molecule has 5 heteroatoms. The Morgan fingerprint density at radius 2 is 1.86 bits per heavy atom. The molecule has 0 radical (unpaired) electrons. The summed E-state index contributed by atoms with van der Waals surface area (Å²) in [5.41, 5.74) is 2.51. The quantitative estimate of drug-likeness (QED) is 0.774. The lowest BCUT2D eigenvalue weighted by Gasteiger charge is -2.20. The SMILES string of the molecule is CC(C)(C)[n+]1c(-c2ccc(Cl)cc2)csc1NCC1CC1.[Br-]. The van der Waals surface area contributed by atoms with Crippen molar-refractivity contribution in [3.63, 3.8) is 0 Å². The fourth-order valence-electron chi connectivity index (χ4n) is 2.48. The molecule has 0 unspecified atom stereocenters. The Balaban J connectivity index is 0.00000176. The topological polar surface area (TPSA) is 15.9 Å². The number of nitrogens with zero attached hydrogens (tertiary/aromatic N) is 1. The summed E-state index contributed by atoms with van der Waals surface area (Å²) < 4.78 is 2.41. The molecule has 1 aromatic carbocycles. The molecule has 0 spiro atoms. The Morgan fingerprint density at radius 3 is 2.41 bits per heavy atom. The van der Waals surface area contributed by atoms with Crippen molar-refractivity contribution in [2.45, 2.75) is 39.2 Å². The number of hydrogen-bond donors (Lipinski definition) is 1. The Labute approximate surface area is 152 Å². The average Bonchev–Trinajstić information content (AvgIpc) is 3.14. The van der Waals surface area contributed by atoms with E-state index in [-0.39, 0.29) is 22.5 Å². The van der Waals surface area contributed by atoms with Crippen molar-refractivity contribution < 1.29 is 21.5 Å². The molecule has 0 aliphatic heterocycles. The molecular weight excluding hydrogens is 380 g/mol. The summed E-state index contributed by atoms with van der Waals surface area (Å²) in [7, 11) is 0. The Morgan fingerprint density at radius 1 is 1.23 bits per heavy atom. The molecule has 1 aliphatic rings. The molecule has 0 bridgehead atoms. The van der Waals surface area contributed by atoms with Crippen LogP contribution in [0.2, 0.25) is 5.02 Å². The van der Waals surface area contributed by atoms with Crippen LogP contribution in [0.15, 0.2) is 29.6 Å². The van der Waals surface area contributed by atoms with Gasteiger partial charge in [0, 0.05) is 16.0 Å². The van der Waals surface area contributed by atoms with Crippen LogP contribution in [0, 0.1) is 5.92 Å². The van der Waals surface area contributed by atoms with E-state index in [0.717, 1.165) is 17.5 Å². The van der Waals surface area contributed by atoms with E-state index in [1.807, 2.05) is 12.1 Å². The van der Waals surface area contributed by atoms with Crippen LogP contribution in [0.3, 0.4) is 0 Å². The van der Waals surface area contributed by atoms with Gasteiger partial charge in [-0.15, -0.1) is 0 Å². The molecule has 1 saturated carbocycles. The van der Waals surface area contributed by atoms with Crippen molar-refractivity contribution in [1.29, 1.82) is 0 Å². The number of thiazole rings is 1. The third-order valence-electron chi connectivity index (χ3n) is 3.78. The molecule has 0 amide bonds. The maximum atomic E-state index is 6.01. The smallest absolute Gasteiger partial charge is 0.334 e. The predicted molar refractivity (Wildman–Crippen MR) is 91.2 cm³/mol. The van der Waals surface area contributed by atoms with Gasteiger partial charge in [-0.2, -0.15) is 0 Å². The molecule has 1 aliphatic carbocycles. The molecule has 1 N–H and O–H groups in total. The van der Waals surface area contributed by atoms with E-state index in [9.17, 15) is 0 Å². The second-order valence-electron chi connectivity index (χ2n) is 6.76.